The number of fused-ring (bicyclic) bond motifs is 1. The molecule has 2 aromatic heterocycles. The number of hydrogen-bond donors (Lipinski definition) is 2. The van der Waals surface area contributed by atoms with Crippen LogP contribution in [-0.2, 0) is 11.2 Å². The molecule has 0 aliphatic carbocycles. The predicted octanol–water partition coefficient (Wildman–Crippen LogP) is 3.11. The Balaban J connectivity index is 2.02. The number of para-hydroxylation sites is 1. The molecule has 1 aromatic carbocycles. The molecule has 1 amide bonds. The van der Waals surface area contributed by atoms with Crippen molar-refractivity contribution in [3.05, 3.63) is 48.2 Å². The van der Waals surface area contributed by atoms with E-state index in [1.165, 1.54) is 17.9 Å². The minimum absolute atomic E-state index is 0.00982. The Morgan fingerprint density at radius 1 is 1.25 bits per heavy atom. The number of carbonyl (C=O) groups is 1. The van der Waals surface area contributed by atoms with E-state index in [0.717, 1.165) is 23.4 Å². The highest BCUT2D eigenvalue weighted by atomic mass is 16.3. The second kappa shape index (κ2) is 5.25. The van der Waals surface area contributed by atoms with Crippen LogP contribution in [0.3, 0.4) is 0 Å². The van der Waals surface area contributed by atoms with E-state index in [4.69, 9.17) is 4.42 Å². The van der Waals surface area contributed by atoms with E-state index < -0.39 is 0 Å². The maximum absolute atomic E-state index is 11.0. The first-order chi connectivity index (χ1) is 9.75. The summed E-state index contributed by atoms with van der Waals surface area (Å²) in [5.41, 5.74) is 3.24. The number of aromatic nitrogens is 1. The third-order valence-electron chi connectivity index (χ3n) is 3.33. The van der Waals surface area contributed by atoms with Crippen molar-refractivity contribution in [3.8, 4) is 11.5 Å². The molecule has 0 atom stereocenters. The van der Waals surface area contributed by atoms with Crippen LogP contribution in [0.15, 0.2) is 47.1 Å². The summed E-state index contributed by atoms with van der Waals surface area (Å²) in [7, 11) is 0. The number of carbonyl (C=O) groups excluding carboxylic acids is 1. The fourth-order valence-corrected chi connectivity index (χ4v) is 2.45. The molecule has 0 unspecified atom stereocenters. The summed E-state index contributed by atoms with van der Waals surface area (Å²) >= 11 is 0. The molecule has 4 nitrogen and oxygen atoms in total. The lowest BCUT2D eigenvalue weighted by molar-refractivity contribution is -0.118. The summed E-state index contributed by atoms with van der Waals surface area (Å²) in [4.78, 5) is 14.4. The lowest BCUT2D eigenvalue weighted by Gasteiger charge is -2.04. The van der Waals surface area contributed by atoms with E-state index in [0.29, 0.717) is 6.54 Å². The van der Waals surface area contributed by atoms with Gasteiger partial charge in [-0.15, -0.1) is 0 Å². The third-order valence-corrected chi connectivity index (χ3v) is 3.33. The van der Waals surface area contributed by atoms with Gasteiger partial charge in [-0.2, -0.15) is 0 Å². The molecule has 0 fully saturated rings. The van der Waals surface area contributed by atoms with Crippen molar-refractivity contribution >= 4 is 16.8 Å². The Labute approximate surface area is 116 Å². The minimum Gasteiger partial charge on any atom is -0.463 e. The van der Waals surface area contributed by atoms with Gasteiger partial charge in [0, 0.05) is 24.4 Å². The Morgan fingerprint density at radius 3 is 2.85 bits per heavy atom. The van der Waals surface area contributed by atoms with Crippen molar-refractivity contribution in [3.63, 3.8) is 0 Å². The molecule has 3 rings (SSSR count). The van der Waals surface area contributed by atoms with Gasteiger partial charge >= 0.3 is 0 Å². The van der Waals surface area contributed by atoms with Crippen LogP contribution in [0.4, 0.5) is 0 Å². The number of rotatable bonds is 4. The highest BCUT2D eigenvalue weighted by Crippen LogP contribution is 2.30. The van der Waals surface area contributed by atoms with Crippen LogP contribution in [0.5, 0.6) is 0 Å². The maximum atomic E-state index is 11.0. The van der Waals surface area contributed by atoms with Gasteiger partial charge in [-0.25, -0.2) is 0 Å². The van der Waals surface area contributed by atoms with E-state index in [-0.39, 0.29) is 5.91 Å². The monoisotopic (exact) mass is 268 g/mol. The van der Waals surface area contributed by atoms with Crippen LogP contribution < -0.4 is 5.32 Å². The summed E-state index contributed by atoms with van der Waals surface area (Å²) in [6.07, 6.45) is 2.43. The van der Waals surface area contributed by atoms with Crippen molar-refractivity contribution in [1.29, 1.82) is 0 Å². The van der Waals surface area contributed by atoms with Gasteiger partial charge in [-0.1, -0.05) is 18.2 Å². The number of aromatic amines is 1. The van der Waals surface area contributed by atoms with Crippen LogP contribution in [0, 0.1) is 0 Å². The average Bonchev–Trinajstić information content (AvgIpc) is 3.05. The van der Waals surface area contributed by atoms with E-state index >= 15 is 0 Å². The van der Waals surface area contributed by atoms with E-state index in [9.17, 15) is 4.79 Å². The van der Waals surface area contributed by atoms with Crippen molar-refractivity contribution in [2.45, 2.75) is 13.3 Å². The van der Waals surface area contributed by atoms with Gasteiger partial charge in [0.25, 0.3) is 0 Å². The highest BCUT2D eigenvalue weighted by Gasteiger charge is 2.14. The summed E-state index contributed by atoms with van der Waals surface area (Å²) in [6.45, 7) is 2.15. The summed E-state index contributed by atoms with van der Waals surface area (Å²) in [6, 6.07) is 12.0. The predicted molar refractivity (Wildman–Crippen MR) is 78.4 cm³/mol. The largest absolute Gasteiger partial charge is 0.463 e. The zero-order valence-corrected chi connectivity index (χ0v) is 11.3. The topological polar surface area (TPSA) is 58.0 Å². The van der Waals surface area contributed by atoms with E-state index in [1.54, 1.807) is 6.26 Å². The number of furan rings is 1. The molecule has 0 spiro atoms. The SMILES string of the molecule is CC(=O)NCCc1c(-c2ccco2)[nH]c2ccccc12. The first-order valence-corrected chi connectivity index (χ1v) is 6.63. The third kappa shape index (κ3) is 2.32. The van der Waals surface area contributed by atoms with Crippen molar-refractivity contribution in [2.75, 3.05) is 6.54 Å². The van der Waals surface area contributed by atoms with Crippen LogP contribution >= 0.6 is 0 Å². The number of nitrogens with one attached hydrogen (secondary N) is 2. The van der Waals surface area contributed by atoms with Gasteiger partial charge in [0.1, 0.15) is 5.76 Å². The Morgan fingerprint density at radius 2 is 2.10 bits per heavy atom. The molecule has 0 radical (unpaired) electrons. The van der Waals surface area contributed by atoms with E-state index in [2.05, 4.69) is 16.4 Å². The summed E-state index contributed by atoms with van der Waals surface area (Å²) in [5.74, 6) is 0.809. The van der Waals surface area contributed by atoms with Crippen LogP contribution in [0.2, 0.25) is 0 Å². The molecule has 2 N–H and O–H groups in total. The van der Waals surface area contributed by atoms with Gasteiger partial charge in [0.05, 0.1) is 12.0 Å². The molecule has 0 saturated carbocycles. The molecule has 2 heterocycles. The van der Waals surface area contributed by atoms with Gasteiger partial charge in [0.2, 0.25) is 5.91 Å². The van der Waals surface area contributed by atoms with E-state index in [1.807, 2.05) is 30.3 Å². The van der Waals surface area contributed by atoms with Crippen molar-refractivity contribution < 1.29 is 9.21 Å². The first kappa shape index (κ1) is 12.5. The normalized spacial score (nSPS) is 10.8. The van der Waals surface area contributed by atoms with Crippen LogP contribution in [-0.4, -0.2) is 17.4 Å². The maximum Gasteiger partial charge on any atom is 0.216 e. The van der Waals surface area contributed by atoms with Gasteiger partial charge < -0.3 is 14.7 Å². The standard InChI is InChI=1S/C16H16N2O2/c1-11(19)17-9-8-13-12-5-2-3-6-14(12)18-16(13)15-7-4-10-20-15/h2-7,10,18H,8-9H2,1H3,(H,17,19). The molecular weight excluding hydrogens is 252 g/mol. The number of amides is 1. The van der Waals surface area contributed by atoms with Crippen LogP contribution in [0.1, 0.15) is 12.5 Å². The number of H-pyrrole nitrogens is 1. The molecule has 0 aliphatic heterocycles. The first-order valence-electron chi connectivity index (χ1n) is 6.63. The Bertz CT molecular complexity index is 726. The summed E-state index contributed by atoms with van der Waals surface area (Å²) < 4.78 is 5.50. The smallest absolute Gasteiger partial charge is 0.216 e. The Kier molecular flexibility index (Phi) is 3.29. The fraction of sp³-hybridized carbons (Fsp3) is 0.188. The fourth-order valence-electron chi connectivity index (χ4n) is 2.45. The lowest BCUT2D eigenvalue weighted by Crippen LogP contribution is -2.22. The van der Waals surface area contributed by atoms with Gasteiger partial charge in [0.15, 0.2) is 0 Å². The molecule has 4 heteroatoms. The number of benzene rings is 1. The molecule has 102 valence electrons. The molecule has 3 aromatic rings. The van der Waals surface area contributed by atoms with Gasteiger partial charge in [-0.05, 0) is 30.2 Å². The van der Waals surface area contributed by atoms with Crippen molar-refractivity contribution in [2.24, 2.45) is 0 Å². The van der Waals surface area contributed by atoms with Crippen molar-refractivity contribution in [1.82, 2.24) is 10.3 Å². The highest BCUT2D eigenvalue weighted by molar-refractivity contribution is 5.90. The number of hydrogen-bond acceptors (Lipinski definition) is 2. The summed E-state index contributed by atoms with van der Waals surface area (Å²) in [5, 5.41) is 4.01. The second-order valence-corrected chi connectivity index (χ2v) is 4.73. The quantitative estimate of drug-likeness (QED) is 0.763. The van der Waals surface area contributed by atoms with Gasteiger partial charge in [-0.3, -0.25) is 4.79 Å². The molecule has 20 heavy (non-hydrogen) atoms. The lowest BCUT2D eigenvalue weighted by atomic mass is 10.1. The molecule has 0 aliphatic rings. The van der Waals surface area contributed by atoms with Crippen LogP contribution in [0.25, 0.3) is 22.4 Å². The second-order valence-electron chi connectivity index (χ2n) is 4.73. The molecular formula is C16H16N2O2. The average molecular weight is 268 g/mol. The molecule has 0 bridgehead atoms. The molecule has 0 saturated heterocycles. The minimum atomic E-state index is -0.00982. The zero-order chi connectivity index (χ0) is 13.9. The Hall–Kier alpha value is -2.49. The zero-order valence-electron chi connectivity index (χ0n) is 11.3.